The van der Waals surface area contributed by atoms with Crippen LogP contribution < -0.4 is 10.6 Å². The molecule has 0 aromatic rings. The van der Waals surface area contributed by atoms with Crippen molar-refractivity contribution in [2.75, 3.05) is 32.8 Å². The van der Waals surface area contributed by atoms with Crippen LogP contribution in [-0.2, 0) is 4.74 Å². The number of hydrogen-bond acceptors (Lipinski definition) is 3. The number of piperidine rings is 1. The second-order valence-electron chi connectivity index (χ2n) is 5.16. The SMILES string of the molecule is C(CNCCOC1CCNCC1)CC1CC1. The zero-order valence-electron chi connectivity index (χ0n) is 10.3. The van der Waals surface area contributed by atoms with Crippen LogP contribution in [0.3, 0.4) is 0 Å². The summed E-state index contributed by atoms with van der Waals surface area (Å²) >= 11 is 0. The highest BCUT2D eigenvalue weighted by Gasteiger charge is 2.19. The molecule has 16 heavy (non-hydrogen) atoms. The van der Waals surface area contributed by atoms with E-state index in [0.29, 0.717) is 6.10 Å². The lowest BCUT2D eigenvalue weighted by Crippen LogP contribution is -2.34. The smallest absolute Gasteiger partial charge is 0.0600 e. The molecule has 0 amide bonds. The molecule has 2 rings (SSSR count). The molecule has 2 aliphatic rings. The van der Waals surface area contributed by atoms with Gasteiger partial charge in [-0.2, -0.15) is 0 Å². The summed E-state index contributed by atoms with van der Waals surface area (Å²) in [7, 11) is 0. The van der Waals surface area contributed by atoms with E-state index in [4.69, 9.17) is 4.74 Å². The van der Waals surface area contributed by atoms with Crippen LogP contribution >= 0.6 is 0 Å². The molecule has 1 aliphatic heterocycles. The third-order valence-corrected chi connectivity index (χ3v) is 3.58. The molecule has 94 valence electrons. The third kappa shape index (κ3) is 5.28. The van der Waals surface area contributed by atoms with E-state index in [1.54, 1.807) is 0 Å². The Morgan fingerprint density at radius 3 is 2.62 bits per heavy atom. The van der Waals surface area contributed by atoms with Gasteiger partial charge in [-0.15, -0.1) is 0 Å². The van der Waals surface area contributed by atoms with Gasteiger partial charge >= 0.3 is 0 Å². The maximum Gasteiger partial charge on any atom is 0.0600 e. The summed E-state index contributed by atoms with van der Waals surface area (Å²) in [5, 5.41) is 6.82. The summed E-state index contributed by atoms with van der Waals surface area (Å²) in [4.78, 5) is 0. The fourth-order valence-electron chi connectivity index (χ4n) is 2.31. The standard InChI is InChI=1S/C13H26N2O/c1(2-12-3-4-12)7-14-10-11-16-13-5-8-15-9-6-13/h12-15H,1-11H2. The summed E-state index contributed by atoms with van der Waals surface area (Å²) in [6.45, 7) is 5.33. The van der Waals surface area contributed by atoms with E-state index in [2.05, 4.69) is 10.6 Å². The van der Waals surface area contributed by atoms with E-state index in [9.17, 15) is 0 Å². The van der Waals surface area contributed by atoms with Crippen LogP contribution in [0.15, 0.2) is 0 Å². The highest BCUT2D eigenvalue weighted by Crippen LogP contribution is 2.33. The molecule has 1 aliphatic carbocycles. The van der Waals surface area contributed by atoms with Crippen molar-refractivity contribution in [3.8, 4) is 0 Å². The van der Waals surface area contributed by atoms with Gasteiger partial charge in [0.15, 0.2) is 0 Å². The van der Waals surface area contributed by atoms with Crippen LogP contribution in [0.2, 0.25) is 0 Å². The maximum absolute atomic E-state index is 5.82. The molecule has 1 saturated heterocycles. The van der Waals surface area contributed by atoms with Gasteiger partial charge in [-0.25, -0.2) is 0 Å². The first-order chi connectivity index (χ1) is 7.95. The fraction of sp³-hybridized carbons (Fsp3) is 1.00. The summed E-state index contributed by atoms with van der Waals surface area (Å²) < 4.78 is 5.82. The van der Waals surface area contributed by atoms with Gasteiger partial charge in [-0.05, 0) is 51.2 Å². The molecule has 0 aromatic heterocycles. The van der Waals surface area contributed by atoms with Crippen molar-refractivity contribution in [1.82, 2.24) is 10.6 Å². The molecule has 3 nitrogen and oxygen atoms in total. The number of ether oxygens (including phenoxy) is 1. The number of rotatable bonds is 8. The van der Waals surface area contributed by atoms with Crippen molar-refractivity contribution in [2.45, 2.75) is 44.6 Å². The van der Waals surface area contributed by atoms with Crippen LogP contribution in [-0.4, -0.2) is 38.9 Å². The Morgan fingerprint density at radius 2 is 1.88 bits per heavy atom. The second kappa shape index (κ2) is 7.25. The van der Waals surface area contributed by atoms with E-state index in [0.717, 1.165) is 32.2 Å². The number of nitrogens with one attached hydrogen (secondary N) is 2. The Hall–Kier alpha value is -0.120. The van der Waals surface area contributed by atoms with Crippen LogP contribution in [0, 0.1) is 5.92 Å². The zero-order valence-corrected chi connectivity index (χ0v) is 10.3. The van der Waals surface area contributed by atoms with Crippen molar-refractivity contribution in [3.05, 3.63) is 0 Å². The van der Waals surface area contributed by atoms with Crippen LogP contribution in [0.25, 0.3) is 0 Å². The highest BCUT2D eigenvalue weighted by atomic mass is 16.5. The number of hydrogen-bond donors (Lipinski definition) is 2. The molecule has 1 saturated carbocycles. The van der Waals surface area contributed by atoms with Crippen LogP contribution in [0.4, 0.5) is 0 Å². The topological polar surface area (TPSA) is 33.3 Å². The normalized spacial score (nSPS) is 22.5. The zero-order chi connectivity index (χ0) is 11.1. The predicted octanol–water partition coefficient (Wildman–Crippen LogP) is 1.53. The molecule has 0 bridgehead atoms. The molecule has 2 fully saturated rings. The average molecular weight is 226 g/mol. The molecule has 0 aromatic carbocycles. The van der Waals surface area contributed by atoms with Crippen molar-refractivity contribution in [2.24, 2.45) is 5.92 Å². The van der Waals surface area contributed by atoms with Gasteiger partial charge in [-0.3, -0.25) is 0 Å². The van der Waals surface area contributed by atoms with Gasteiger partial charge < -0.3 is 15.4 Å². The van der Waals surface area contributed by atoms with Gasteiger partial charge in [0.1, 0.15) is 0 Å². The molecule has 3 heteroatoms. The van der Waals surface area contributed by atoms with E-state index < -0.39 is 0 Å². The summed E-state index contributed by atoms with van der Waals surface area (Å²) in [5.74, 6) is 1.08. The first-order valence-electron chi connectivity index (χ1n) is 6.98. The van der Waals surface area contributed by atoms with Gasteiger partial charge in [0.05, 0.1) is 12.7 Å². The molecule has 0 spiro atoms. The maximum atomic E-state index is 5.82. The first-order valence-corrected chi connectivity index (χ1v) is 6.98. The lowest BCUT2D eigenvalue weighted by molar-refractivity contribution is 0.0349. The van der Waals surface area contributed by atoms with Crippen molar-refractivity contribution in [1.29, 1.82) is 0 Å². The lowest BCUT2D eigenvalue weighted by atomic mass is 10.1. The van der Waals surface area contributed by atoms with Crippen LogP contribution in [0.5, 0.6) is 0 Å². The lowest BCUT2D eigenvalue weighted by Gasteiger charge is -2.22. The Bertz CT molecular complexity index is 177. The minimum absolute atomic E-state index is 0.509. The molecule has 0 unspecified atom stereocenters. The van der Waals surface area contributed by atoms with E-state index >= 15 is 0 Å². The molecule has 2 N–H and O–H groups in total. The van der Waals surface area contributed by atoms with Gasteiger partial charge in [0.2, 0.25) is 0 Å². The van der Waals surface area contributed by atoms with E-state index in [1.165, 1.54) is 45.1 Å². The largest absolute Gasteiger partial charge is 0.377 e. The third-order valence-electron chi connectivity index (χ3n) is 3.58. The summed E-state index contributed by atoms with van der Waals surface area (Å²) in [6.07, 6.45) is 8.62. The average Bonchev–Trinajstić information content (AvgIpc) is 3.13. The molecule has 0 radical (unpaired) electrons. The molecule has 0 atom stereocenters. The quantitative estimate of drug-likeness (QED) is 0.616. The second-order valence-corrected chi connectivity index (χ2v) is 5.16. The van der Waals surface area contributed by atoms with Gasteiger partial charge in [-0.1, -0.05) is 12.8 Å². The first kappa shape index (κ1) is 12.3. The molecular formula is C13H26N2O. The van der Waals surface area contributed by atoms with E-state index in [1.807, 2.05) is 0 Å². The monoisotopic (exact) mass is 226 g/mol. The van der Waals surface area contributed by atoms with Crippen molar-refractivity contribution < 1.29 is 4.74 Å². The predicted molar refractivity (Wildman–Crippen MR) is 66.7 cm³/mol. The fourth-order valence-corrected chi connectivity index (χ4v) is 2.31. The van der Waals surface area contributed by atoms with Gasteiger partial charge in [0.25, 0.3) is 0 Å². The highest BCUT2D eigenvalue weighted by molar-refractivity contribution is 4.73. The molecular weight excluding hydrogens is 200 g/mol. The summed E-state index contributed by atoms with van der Waals surface area (Å²) in [6, 6.07) is 0. The Morgan fingerprint density at radius 1 is 1.06 bits per heavy atom. The van der Waals surface area contributed by atoms with E-state index in [-0.39, 0.29) is 0 Å². The minimum atomic E-state index is 0.509. The Labute approximate surface area is 99.3 Å². The molecule has 1 heterocycles. The Balaban J connectivity index is 1.33. The van der Waals surface area contributed by atoms with Crippen molar-refractivity contribution in [3.63, 3.8) is 0 Å². The summed E-state index contributed by atoms with van der Waals surface area (Å²) in [5.41, 5.74) is 0. The van der Waals surface area contributed by atoms with Gasteiger partial charge in [0, 0.05) is 6.54 Å². The van der Waals surface area contributed by atoms with Crippen LogP contribution in [0.1, 0.15) is 38.5 Å². The minimum Gasteiger partial charge on any atom is -0.377 e. The van der Waals surface area contributed by atoms with Crippen molar-refractivity contribution >= 4 is 0 Å². The Kier molecular flexibility index (Phi) is 5.59.